The Morgan fingerprint density at radius 2 is 1.90 bits per heavy atom. The van der Waals surface area contributed by atoms with Gasteiger partial charge >= 0.3 is 0 Å². The van der Waals surface area contributed by atoms with Crippen molar-refractivity contribution in [1.82, 2.24) is 9.97 Å². The quantitative estimate of drug-likeness (QED) is 0.661. The summed E-state index contributed by atoms with van der Waals surface area (Å²) in [6, 6.07) is 7.51. The molecule has 20 heavy (non-hydrogen) atoms. The van der Waals surface area contributed by atoms with E-state index in [-0.39, 0.29) is 10.7 Å². The largest absolute Gasteiger partial charge is 0.301 e. The van der Waals surface area contributed by atoms with Gasteiger partial charge in [0.2, 0.25) is 0 Å². The molecule has 0 radical (unpaired) electrons. The third kappa shape index (κ3) is 3.40. The predicted octanol–water partition coefficient (Wildman–Crippen LogP) is 1.60. The number of hydrogen-bond acceptors (Lipinski definition) is 5. The molecule has 6 nitrogen and oxygen atoms in total. The van der Waals surface area contributed by atoms with E-state index < -0.39 is 15.6 Å². The number of hydrogen-bond donors (Lipinski definition) is 2. The molecular weight excluding hydrogens is 298 g/mol. The number of H-pyrrole nitrogens is 1. The lowest BCUT2D eigenvalue weighted by atomic mass is 10.2. The van der Waals surface area contributed by atoms with Gasteiger partial charge in [-0.2, -0.15) is 0 Å². The van der Waals surface area contributed by atoms with E-state index in [0.29, 0.717) is 5.16 Å². The SMILES string of the molecule is CSc1nc(NS(=O)(=O)c2ccc(C)cc2)cc(=O)[nH]1. The minimum Gasteiger partial charge on any atom is -0.301 e. The Balaban J connectivity index is 2.35. The van der Waals surface area contributed by atoms with Gasteiger partial charge in [0.25, 0.3) is 15.6 Å². The Hall–Kier alpha value is -1.80. The lowest BCUT2D eigenvalue weighted by Crippen LogP contribution is -2.17. The molecule has 0 saturated heterocycles. The first-order valence-corrected chi connectivity index (χ1v) is 8.36. The topological polar surface area (TPSA) is 91.9 Å². The van der Waals surface area contributed by atoms with Crippen molar-refractivity contribution in [2.75, 3.05) is 11.0 Å². The highest BCUT2D eigenvalue weighted by atomic mass is 32.2. The van der Waals surface area contributed by atoms with E-state index in [1.165, 1.54) is 23.9 Å². The normalized spacial score (nSPS) is 11.3. The number of nitrogens with one attached hydrogen (secondary N) is 2. The zero-order valence-electron chi connectivity index (χ0n) is 10.9. The van der Waals surface area contributed by atoms with E-state index >= 15 is 0 Å². The van der Waals surface area contributed by atoms with Gasteiger partial charge in [-0.1, -0.05) is 29.5 Å². The van der Waals surface area contributed by atoms with Gasteiger partial charge < -0.3 is 4.98 Å². The monoisotopic (exact) mass is 311 g/mol. The maximum absolute atomic E-state index is 12.2. The third-order valence-electron chi connectivity index (χ3n) is 2.48. The fourth-order valence-corrected chi connectivity index (χ4v) is 2.88. The fraction of sp³-hybridized carbons (Fsp3) is 0.167. The number of nitrogens with zero attached hydrogens (tertiary/aromatic N) is 1. The number of benzene rings is 1. The van der Waals surface area contributed by atoms with Crippen molar-refractivity contribution < 1.29 is 8.42 Å². The smallest absolute Gasteiger partial charge is 0.263 e. The van der Waals surface area contributed by atoms with Gasteiger partial charge in [-0.05, 0) is 25.3 Å². The maximum Gasteiger partial charge on any atom is 0.263 e. The Morgan fingerprint density at radius 1 is 1.25 bits per heavy atom. The molecule has 2 rings (SSSR count). The summed E-state index contributed by atoms with van der Waals surface area (Å²) < 4.78 is 26.6. The van der Waals surface area contributed by atoms with Gasteiger partial charge in [0, 0.05) is 6.07 Å². The predicted molar refractivity (Wildman–Crippen MR) is 78.6 cm³/mol. The van der Waals surface area contributed by atoms with Gasteiger partial charge in [-0.15, -0.1) is 0 Å². The first-order chi connectivity index (χ1) is 9.40. The Bertz CT molecular complexity index is 767. The van der Waals surface area contributed by atoms with Crippen LogP contribution in [0, 0.1) is 6.92 Å². The van der Waals surface area contributed by atoms with E-state index in [9.17, 15) is 13.2 Å². The fourth-order valence-electron chi connectivity index (χ4n) is 1.50. The average Bonchev–Trinajstić information content (AvgIpc) is 2.37. The van der Waals surface area contributed by atoms with E-state index in [1.807, 2.05) is 6.92 Å². The summed E-state index contributed by atoms with van der Waals surface area (Å²) in [4.78, 5) is 18.0. The molecule has 0 fully saturated rings. The number of aromatic nitrogens is 2. The molecule has 0 aliphatic carbocycles. The molecule has 0 aliphatic heterocycles. The molecule has 0 amide bonds. The first-order valence-electron chi connectivity index (χ1n) is 5.65. The molecule has 0 aliphatic rings. The summed E-state index contributed by atoms with van der Waals surface area (Å²) in [6.45, 7) is 1.87. The summed E-state index contributed by atoms with van der Waals surface area (Å²) in [5.74, 6) is -0.00123. The van der Waals surface area contributed by atoms with Crippen LogP contribution >= 0.6 is 11.8 Å². The van der Waals surface area contributed by atoms with Gasteiger partial charge in [-0.3, -0.25) is 9.52 Å². The van der Waals surface area contributed by atoms with Gasteiger partial charge in [-0.25, -0.2) is 13.4 Å². The number of aromatic amines is 1. The number of rotatable bonds is 4. The van der Waals surface area contributed by atoms with Gasteiger partial charge in [0.1, 0.15) is 5.82 Å². The molecule has 0 spiro atoms. The highest BCUT2D eigenvalue weighted by Crippen LogP contribution is 2.15. The Labute approximate surface area is 120 Å². The Kier molecular flexibility index (Phi) is 4.15. The molecule has 106 valence electrons. The summed E-state index contributed by atoms with van der Waals surface area (Å²) >= 11 is 1.22. The van der Waals surface area contributed by atoms with Gasteiger partial charge in [0.05, 0.1) is 4.90 Å². The second-order valence-electron chi connectivity index (χ2n) is 4.06. The van der Waals surface area contributed by atoms with E-state index in [1.54, 1.807) is 18.4 Å². The van der Waals surface area contributed by atoms with E-state index in [2.05, 4.69) is 14.7 Å². The minimum atomic E-state index is -3.75. The van der Waals surface area contributed by atoms with Crippen molar-refractivity contribution in [2.45, 2.75) is 17.0 Å². The molecular formula is C12H13N3O3S2. The molecule has 1 aromatic heterocycles. The third-order valence-corrected chi connectivity index (χ3v) is 4.43. The molecule has 1 heterocycles. The van der Waals surface area contributed by atoms with Crippen molar-refractivity contribution in [1.29, 1.82) is 0 Å². The average molecular weight is 311 g/mol. The van der Waals surface area contributed by atoms with Crippen LogP contribution in [0.5, 0.6) is 0 Å². The number of thioether (sulfide) groups is 1. The molecule has 2 N–H and O–H groups in total. The number of sulfonamides is 1. The molecule has 1 aromatic carbocycles. The zero-order valence-corrected chi connectivity index (χ0v) is 12.5. The lowest BCUT2D eigenvalue weighted by Gasteiger charge is -2.08. The van der Waals surface area contributed by atoms with Crippen LogP contribution in [-0.2, 0) is 10.0 Å². The molecule has 0 atom stereocenters. The van der Waals surface area contributed by atoms with Crippen LogP contribution < -0.4 is 10.3 Å². The van der Waals surface area contributed by atoms with Crippen LogP contribution in [0.25, 0.3) is 0 Å². The lowest BCUT2D eigenvalue weighted by molar-refractivity contribution is 0.601. The minimum absolute atomic E-state index is 0.00123. The van der Waals surface area contributed by atoms with Crippen molar-refractivity contribution in [3.63, 3.8) is 0 Å². The maximum atomic E-state index is 12.2. The molecule has 0 saturated carbocycles. The Morgan fingerprint density at radius 3 is 2.50 bits per heavy atom. The molecule has 0 bridgehead atoms. The van der Waals surface area contributed by atoms with Crippen molar-refractivity contribution in [3.8, 4) is 0 Å². The van der Waals surface area contributed by atoms with Crippen LogP contribution in [0.2, 0.25) is 0 Å². The summed E-state index contributed by atoms with van der Waals surface area (Å²) in [5.41, 5.74) is 0.550. The standard InChI is InChI=1S/C12H13N3O3S2/c1-8-3-5-9(6-4-8)20(17,18)15-10-7-11(16)14-12(13-10)19-2/h3-7H,1-2H3,(H2,13,14,15,16). The van der Waals surface area contributed by atoms with Gasteiger partial charge in [0.15, 0.2) is 5.16 Å². The molecule has 2 aromatic rings. The van der Waals surface area contributed by atoms with Crippen LogP contribution in [0.15, 0.2) is 45.2 Å². The zero-order chi connectivity index (χ0) is 14.8. The van der Waals surface area contributed by atoms with Crippen LogP contribution in [0.1, 0.15) is 5.56 Å². The summed E-state index contributed by atoms with van der Waals surface area (Å²) in [6.07, 6.45) is 1.73. The number of aryl methyl sites for hydroxylation is 1. The van der Waals surface area contributed by atoms with E-state index in [0.717, 1.165) is 11.6 Å². The van der Waals surface area contributed by atoms with Crippen molar-refractivity contribution >= 4 is 27.6 Å². The van der Waals surface area contributed by atoms with E-state index in [4.69, 9.17) is 0 Å². The summed E-state index contributed by atoms with van der Waals surface area (Å²) in [5, 5.41) is 0.346. The highest BCUT2D eigenvalue weighted by molar-refractivity contribution is 7.98. The van der Waals surface area contributed by atoms with Crippen LogP contribution in [-0.4, -0.2) is 24.6 Å². The summed E-state index contributed by atoms with van der Waals surface area (Å²) in [7, 11) is -3.75. The molecule has 0 unspecified atom stereocenters. The molecule has 8 heteroatoms. The second kappa shape index (κ2) is 5.68. The number of anilines is 1. The van der Waals surface area contributed by atoms with Crippen LogP contribution in [0.3, 0.4) is 0 Å². The first kappa shape index (κ1) is 14.6. The highest BCUT2D eigenvalue weighted by Gasteiger charge is 2.15. The van der Waals surface area contributed by atoms with Crippen molar-refractivity contribution in [3.05, 3.63) is 46.2 Å². The second-order valence-corrected chi connectivity index (χ2v) is 6.54. The van der Waals surface area contributed by atoms with Crippen LogP contribution in [0.4, 0.5) is 5.82 Å². The van der Waals surface area contributed by atoms with Crippen molar-refractivity contribution in [2.24, 2.45) is 0 Å².